The molecule has 0 saturated heterocycles. The van der Waals surface area contributed by atoms with Crippen molar-refractivity contribution >= 4 is 46.3 Å². The highest BCUT2D eigenvalue weighted by Gasteiger charge is 2.35. The number of nitrogens with zero attached hydrogens (tertiary/aromatic N) is 6. The second-order valence-corrected chi connectivity index (χ2v) is 17.1. The van der Waals surface area contributed by atoms with E-state index in [1.807, 2.05) is 38.1 Å². The van der Waals surface area contributed by atoms with E-state index in [9.17, 15) is 18.4 Å². The number of methoxy groups -OCH3 is 1. The molecule has 0 bridgehead atoms. The molecule has 0 spiro atoms. The van der Waals surface area contributed by atoms with Gasteiger partial charge in [-0.25, -0.2) is 28.7 Å². The Balaban J connectivity index is 0.000000184. The molecule has 8 rings (SSSR count). The van der Waals surface area contributed by atoms with Crippen molar-refractivity contribution in [2.24, 2.45) is 23.7 Å². The van der Waals surface area contributed by atoms with Crippen molar-refractivity contribution < 1.29 is 32.6 Å². The Kier molecular flexibility index (Phi) is 14.9. The Hall–Kier alpha value is -4.72. The Labute approximate surface area is 364 Å². The van der Waals surface area contributed by atoms with Crippen LogP contribution in [0.1, 0.15) is 111 Å². The number of fused-ring (bicyclic) bond motifs is 2. The van der Waals surface area contributed by atoms with E-state index < -0.39 is 11.6 Å². The first-order valence-corrected chi connectivity index (χ1v) is 21.8. The maximum Gasteiger partial charge on any atom is 0.309 e. The minimum atomic E-state index is -0.455. The number of hydrogen-bond acceptors (Lipinski definition) is 11. The third-order valence-corrected chi connectivity index (χ3v) is 12.2. The summed E-state index contributed by atoms with van der Waals surface area (Å²) in [7, 11) is 1.56. The van der Waals surface area contributed by atoms with Gasteiger partial charge in [-0.3, -0.25) is 19.6 Å². The van der Waals surface area contributed by atoms with Gasteiger partial charge in [-0.1, -0.05) is 61.0 Å². The molecule has 4 aliphatic rings. The molecule has 61 heavy (non-hydrogen) atoms. The summed E-state index contributed by atoms with van der Waals surface area (Å²) in [6, 6.07) is 3.68. The molecule has 15 heteroatoms. The molecule has 0 aliphatic heterocycles. The van der Waals surface area contributed by atoms with Crippen LogP contribution >= 0.6 is 23.2 Å². The predicted molar refractivity (Wildman–Crippen MR) is 226 cm³/mol. The van der Waals surface area contributed by atoms with Gasteiger partial charge in [0.1, 0.15) is 6.61 Å². The monoisotopic (exact) mass is 874 g/mol. The summed E-state index contributed by atoms with van der Waals surface area (Å²) in [6.07, 6.45) is 18.8. The van der Waals surface area contributed by atoms with Crippen molar-refractivity contribution in [1.29, 1.82) is 0 Å². The number of hydrogen-bond donors (Lipinski definition) is 0. The molecule has 0 aromatic carbocycles. The molecule has 4 heterocycles. The first kappa shape index (κ1) is 44.3. The van der Waals surface area contributed by atoms with Crippen molar-refractivity contribution in [3.63, 3.8) is 0 Å². The quantitative estimate of drug-likeness (QED) is 0.0995. The van der Waals surface area contributed by atoms with Gasteiger partial charge in [-0.15, -0.1) is 0 Å². The van der Waals surface area contributed by atoms with Crippen molar-refractivity contribution in [2.75, 3.05) is 20.3 Å². The lowest BCUT2D eigenvalue weighted by molar-refractivity contribution is -0.156. The fourth-order valence-corrected chi connectivity index (χ4v) is 9.11. The van der Waals surface area contributed by atoms with Gasteiger partial charge in [-0.05, 0) is 76.3 Å². The second-order valence-electron chi connectivity index (χ2n) is 16.3. The largest absolute Gasteiger partial charge is 0.463 e. The van der Waals surface area contributed by atoms with Crippen molar-refractivity contribution in [1.82, 2.24) is 29.9 Å². The second kappa shape index (κ2) is 20.4. The molecule has 0 N–H and O–H groups in total. The molecule has 0 radical (unpaired) electrons. The van der Waals surface area contributed by atoms with Gasteiger partial charge in [0.2, 0.25) is 0 Å². The maximum absolute atomic E-state index is 14.6. The van der Waals surface area contributed by atoms with Crippen LogP contribution < -0.4 is 0 Å². The number of ether oxygens (including phenoxy) is 3. The molecule has 0 amide bonds. The molecule has 4 atom stereocenters. The number of halogens is 4. The summed E-state index contributed by atoms with van der Waals surface area (Å²) in [6.45, 7) is 4.29. The van der Waals surface area contributed by atoms with Crippen LogP contribution in [0.25, 0.3) is 11.1 Å². The van der Waals surface area contributed by atoms with E-state index in [0.717, 1.165) is 85.0 Å². The normalized spacial score (nSPS) is 20.5. The zero-order valence-corrected chi connectivity index (χ0v) is 36.2. The molecule has 4 aromatic rings. The summed E-state index contributed by atoms with van der Waals surface area (Å²) in [4.78, 5) is 51.4. The molecule has 2 unspecified atom stereocenters. The van der Waals surface area contributed by atoms with Crippen LogP contribution in [0.15, 0.2) is 49.1 Å². The number of carbonyl (C=O) groups is 2. The van der Waals surface area contributed by atoms with E-state index in [2.05, 4.69) is 29.9 Å². The van der Waals surface area contributed by atoms with Crippen LogP contribution in [0.4, 0.5) is 8.78 Å². The highest BCUT2D eigenvalue weighted by Crippen LogP contribution is 2.37. The van der Waals surface area contributed by atoms with Gasteiger partial charge < -0.3 is 14.2 Å². The summed E-state index contributed by atoms with van der Waals surface area (Å²) in [5, 5.41) is 1.07. The van der Waals surface area contributed by atoms with Crippen LogP contribution in [0, 0.1) is 35.3 Å². The third kappa shape index (κ3) is 10.8. The lowest BCUT2D eigenvalue weighted by Gasteiger charge is -2.30. The van der Waals surface area contributed by atoms with Crippen molar-refractivity contribution in [3.8, 4) is 0 Å². The molecule has 322 valence electrons. The van der Waals surface area contributed by atoms with E-state index >= 15 is 0 Å². The standard InChI is InChI=1S/C23H25ClFN3O3.C23H25ClFN3O2/c1-30-8-9-31-23(29)16-5-3-2-4-14(16)10-21-19(25)13-27-22(28-21)17-6-7-20-18(17)11-15(24)12-26-20;1-13(2)30-23(29)16-6-4-3-5-14(16)9-21-19(25)12-27-22(28-21)17-7-8-20-18(17)10-15(24)11-26-20/h6,11-14,16H,2-5,7-10H2,1H3;7,10-14,16H,3-6,8-9H2,1-2H3/t2*14?,16-/m01/s1. The van der Waals surface area contributed by atoms with Gasteiger partial charge in [0.15, 0.2) is 23.3 Å². The minimum absolute atomic E-state index is 0.0120. The average molecular weight is 876 g/mol. The molecule has 4 aromatic heterocycles. The number of esters is 2. The molecular weight excluding hydrogens is 825 g/mol. The minimum Gasteiger partial charge on any atom is -0.463 e. The molecule has 11 nitrogen and oxygen atoms in total. The third-order valence-electron chi connectivity index (χ3n) is 11.8. The van der Waals surface area contributed by atoms with Crippen LogP contribution in [-0.2, 0) is 49.5 Å². The maximum atomic E-state index is 14.6. The highest BCUT2D eigenvalue weighted by molar-refractivity contribution is 6.31. The fourth-order valence-electron chi connectivity index (χ4n) is 8.79. The predicted octanol–water partition coefficient (Wildman–Crippen LogP) is 9.14. The Morgan fingerprint density at radius 3 is 1.64 bits per heavy atom. The van der Waals surface area contributed by atoms with Crippen LogP contribution in [0.2, 0.25) is 10.0 Å². The molecule has 4 aliphatic carbocycles. The number of pyridine rings is 2. The van der Waals surface area contributed by atoms with E-state index in [4.69, 9.17) is 37.4 Å². The molecule has 2 saturated carbocycles. The number of rotatable bonds is 12. The van der Waals surface area contributed by atoms with E-state index in [-0.39, 0.29) is 48.3 Å². The van der Waals surface area contributed by atoms with Crippen LogP contribution in [0.5, 0.6) is 0 Å². The zero-order chi connectivity index (χ0) is 43.0. The van der Waals surface area contributed by atoms with Crippen LogP contribution in [-0.4, -0.2) is 68.3 Å². The number of carbonyl (C=O) groups excluding carboxylic acids is 2. The van der Waals surface area contributed by atoms with Crippen LogP contribution in [0.3, 0.4) is 0 Å². The Morgan fingerprint density at radius 1 is 0.689 bits per heavy atom. The first-order valence-electron chi connectivity index (χ1n) is 21.1. The zero-order valence-electron chi connectivity index (χ0n) is 34.6. The van der Waals surface area contributed by atoms with Gasteiger partial charge in [0.25, 0.3) is 0 Å². The summed E-state index contributed by atoms with van der Waals surface area (Å²) >= 11 is 12.2. The van der Waals surface area contributed by atoms with Gasteiger partial charge >= 0.3 is 11.9 Å². The molecular formula is C46H50Cl2F2N6O5. The number of allylic oxidation sites excluding steroid dienone is 2. The van der Waals surface area contributed by atoms with Gasteiger partial charge in [0, 0.05) is 54.6 Å². The highest BCUT2D eigenvalue weighted by atomic mass is 35.5. The lowest BCUT2D eigenvalue weighted by atomic mass is 9.77. The lowest BCUT2D eigenvalue weighted by Crippen LogP contribution is -2.32. The number of aromatic nitrogens is 6. The van der Waals surface area contributed by atoms with E-state index in [1.54, 1.807) is 19.5 Å². The van der Waals surface area contributed by atoms with Crippen molar-refractivity contribution in [2.45, 2.75) is 97.0 Å². The SMILES string of the molecule is CC(C)OC(=O)[C@@H]1CCCCC1Cc1nc(C2=CCc3ncc(Cl)cc32)ncc1F.COCCOC(=O)[C@H]1CCCCC1Cc1nc(C2=CCc3ncc(Cl)cc32)ncc1F. The first-order chi connectivity index (χ1) is 29.5. The fraction of sp³-hybridized carbons (Fsp3) is 0.478. The Bertz CT molecular complexity index is 2310. The smallest absolute Gasteiger partial charge is 0.309 e. The summed E-state index contributed by atoms with van der Waals surface area (Å²) in [5.74, 6) is -0.855. The summed E-state index contributed by atoms with van der Waals surface area (Å²) < 4.78 is 45.0. The average Bonchev–Trinajstić information content (AvgIpc) is 3.87. The van der Waals surface area contributed by atoms with E-state index in [0.29, 0.717) is 65.4 Å². The van der Waals surface area contributed by atoms with Gasteiger partial charge in [0.05, 0.1) is 69.8 Å². The Morgan fingerprint density at radius 2 is 1.16 bits per heavy atom. The molecule has 2 fully saturated rings. The van der Waals surface area contributed by atoms with Crippen molar-refractivity contribution in [3.05, 3.63) is 116 Å². The van der Waals surface area contributed by atoms with E-state index in [1.165, 1.54) is 12.4 Å². The topological polar surface area (TPSA) is 139 Å². The summed E-state index contributed by atoms with van der Waals surface area (Å²) in [5.41, 5.74) is 5.88. The van der Waals surface area contributed by atoms with Gasteiger partial charge in [-0.2, -0.15) is 0 Å².